The quantitative estimate of drug-likeness (QED) is 0.580. The molecule has 1 heterocycles. The molecule has 17 heavy (non-hydrogen) atoms. The van der Waals surface area contributed by atoms with Gasteiger partial charge in [0.05, 0.1) is 0 Å². The first-order valence-electron chi connectivity index (χ1n) is 5.53. The lowest BCUT2D eigenvalue weighted by Crippen LogP contribution is -1.80. The molecule has 0 unspecified atom stereocenters. The molecule has 0 amide bonds. The van der Waals surface area contributed by atoms with Crippen molar-refractivity contribution in [1.29, 1.82) is 0 Å². The van der Waals surface area contributed by atoms with Crippen molar-refractivity contribution in [2.75, 3.05) is 0 Å². The van der Waals surface area contributed by atoms with Crippen molar-refractivity contribution < 1.29 is 0 Å². The summed E-state index contributed by atoms with van der Waals surface area (Å²) in [6.07, 6.45) is 3.45. The highest BCUT2D eigenvalue weighted by Crippen LogP contribution is 2.11. The van der Waals surface area contributed by atoms with Crippen LogP contribution in [-0.2, 0) is 0 Å². The van der Waals surface area contributed by atoms with E-state index >= 15 is 0 Å². The molecule has 84 valence electrons. The minimum atomic E-state index is 0.822. The van der Waals surface area contributed by atoms with Crippen LogP contribution in [0.5, 0.6) is 0 Å². The summed E-state index contributed by atoms with van der Waals surface area (Å²) in [6, 6.07) is 18.5. The Kier molecular flexibility index (Phi) is 3.81. The van der Waals surface area contributed by atoms with Gasteiger partial charge in [0.2, 0.25) is 0 Å². The van der Waals surface area contributed by atoms with Crippen LogP contribution in [0.2, 0.25) is 0 Å². The van der Waals surface area contributed by atoms with Gasteiger partial charge in [0.15, 0.2) is 0 Å². The second-order valence-electron chi connectivity index (χ2n) is 3.64. The molecule has 0 spiro atoms. The van der Waals surface area contributed by atoms with Gasteiger partial charge in [-0.2, -0.15) is 0 Å². The molecule has 0 saturated carbocycles. The van der Waals surface area contributed by atoms with Crippen molar-refractivity contribution in [1.82, 2.24) is 9.97 Å². The van der Waals surface area contributed by atoms with Crippen LogP contribution in [0.25, 0.3) is 10.8 Å². The third-order valence-corrected chi connectivity index (χ3v) is 2.35. The lowest BCUT2D eigenvalue weighted by Gasteiger charge is -1.92. The number of fused-ring (bicyclic) bond motifs is 1. The van der Waals surface area contributed by atoms with Gasteiger partial charge in [0.1, 0.15) is 5.82 Å². The number of aryl methyl sites for hydroxylation is 1. The van der Waals surface area contributed by atoms with E-state index in [4.69, 9.17) is 0 Å². The summed E-state index contributed by atoms with van der Waals surface area (Å²) in [7, 11) is 0. The predicted octanol–water partition coefficient (Wildman–Crippen LogP) is 3.62. The molecule has 2 nitrogen and oxygen atoms in total. The van der Waals surface area contributed by atoms with E-state index in [1.807, 2.05) is 6.92 Å². The Hall–Kier alpha value is -2.22. The Bertz CT molecular complexity index is 511. The van der Waals surface area contributed by atoms with Gasteiger partial charge in [-0.05, 0) is 23.8 Å². The third kappa shape index (κ3) is 3.38. The van der Waals surface area contributed by atoms with Crippen molar-refractivity contribution in [3.05, 3.63) is 72.8 Å². The van der Waals surface area contributed by atoms with Crippen LogP contribution in [0, 0.1) is 6.92 Å². The normalized spacial score (nSPS) is 9.47. The van der Waals surface area contributed by atoms with E-state index in [9.17, 15) is 0 Å². The molecule has 0 aliphatic carbocycles. The molecule has 0 bridgehead atoms. The van der Waals surface area contributed by atoms with Crippen molar-refractivity contribution in [2.45, 2.75) is 6.92 Å². The van der Waals surface area contributed by atoms with Gasteiger partial charge in [0.25, 0.3) is 0 Å². The van der Waals surface area contributed by atoms with Crippen molar-refractivity contribution in [2.24, 2.45) is 0 Å². The third-order valence-electron chi connectivity index (χ3n) is 2.35. The molecular formula is C15H14N2. The number of rotatable bonds is 0. The van der Waals surface area contributed by atoms with E-state index in [1.165, 1.54) is 10.8 Å². The van der Waals surface area contributed by atoms with E-state index in [0.717, 1.165) is 5.82 Å². The Labute approximate surface area is 101 Å². The number of aromatic nitrogens is 2. The molecule has 3 aromatic rings. The molecule has 3 rings (SSSR count). The summed E-state index contributed by atoms with van der Waals surface area (Å²) in [5, 5.41) is 2.62. The molecule has 0 radical (unpaired) electrons. The van der Waals surface area contributed by atoms with Crippen molar-refractivity contribution >= 4 is 10.8 Å². The summed E-state index contributed by atoms with van der Waals surface area (Å²) in [4.78, 5) is 7.74. The summed E-state index contributed by atoms with van der Waals surface area (Å²) in [6.45, 7) is 1.86. The highest BCUT2D eigenvalue weighted by atomic mass is 14.8. The summed E-state index contributed by atoms with van der Waals surface area (Å²) < 4.78 is 0. The molecule has 0 saturated heterocycles. The SMILES string of the molecule is Cc1ncccn1.c1ccc2ccccc2c1. The minimum Gasteiger partial charge on any atom is -0.242 e. The van der Waals surface area contributed by atoms with Crippen molar-refractivity contribution in [3.8, 4) is 0 Å². The second-order valence-corrected chi connectivity index (χ2v) is 3.64. The fourth-order valence-corrected chi connectivity index (χ4v) is 1.51. The maximum Gasteiger partial charge on any atom is 0.125 e. The smallest absolute Gasteiger partial charge is 0.125 e. The van der Waals surface area contributed by atoms with Gasteiger partial charge in [-0.15, -0.1) is 0 Å². The maximum absolute atomic E-state index is 3.87. The average molecular weight is 222 g/mol. The van der Waals surface area contributed by atoms with Crippen molar-refractivity contribution in [3.63, 3.8) is 0 Å². The van der Waals surface area contributed by atoms with E-state index < -0.39 is 0 Å². The average Bonchev–Trinajstić information content (AvgIpc) is 2.41. The lowest BCUT2D eigenvalue weighted by atomic mass is 10.1. The number of hydrogen-bond acceptors (Lipinski definition) is 2. The molecule has 1 aromatic heterocycles. The maximum atomic E-state index is 3.87. The summed E-state index contributed by atoms with van der Waals surface area (Å²) in [5.41, 5.74) is 0. The standard InChI is InChI=1S/C10H8.C5H6N2/c1-2-6-10-8-4-3-7-9(10)5-1;1-5-6-3-2-4-7-5/h1-8H;2-4H,1H3. The second kappa shape index (κ2) is 5.75. The molecule has 2 aromatic carbocycles. The van der Waals surface area contributed by atoms with Crippen LogP contribution in [0.3, 0.4) is 0 Å². The monoisotopic (exact) mass is 222 g/mol. The first-order chi connectivity index (χ1) is 8.36. The fraction of sp³-hybridized carbons (Fsp3) is 0.0667. The molecule has 0 fully saturated rings. The molecular weight excluding hydrogens is 208 g/mol. The van der Waals surface area contributed by atoms with Gasteiger partial charge >= 0.3 is 0 Å². The highest BCUT2D eigenvalue weighted by Gasteiger charge is 1.85. The van der Waals surface area contributed by atoms with Crippen LogP contribution in [0.15, 0.2) is 67.0 Å². The molecule has 2 heteroatoms. The van der Waals surface area contributed by atoms with Gasteiger partial charge in [-0.1, -0.05) is 48.5 Å². The van der Waals surface area contributed by atoms with Crippen LogP contribution in [0.1, 0.15) is 5.82 Å². The lowest BCUT2D eigenvalue weighted by molar-refractivity contribution is 1.05. The number of nitrogens with zero attached hydrogens (tertiary/aromatic N) is 2. The molecule has 0 aliphatic rings. The first-order valence-corrected chi connectivity index (χ1v) is 5.53. The predicted molar refractivity (Wildman–Crippen MR) is 70.7 cm³/mol. The van der Waals surface area contributed by atoms with Crippen LogP contribution in [0.4, 0.5) is 0 Å². The number of benzene rings is 2. The van der Waals surface area contributed by atoms with Gasteiger partial charge in [0, 0.05) is 12.4 Å². The zero-order valence-corrected chi connectivity index (χ0v) is 9.75. The van der Waals surface area contributed by atoms with Gasteiger partial charge in [-0.3, -0.25) is 0 Å². The largest absolute Gasteiger partial charge is 0.242 e. The molecule has 0 aliphatic heterocycles. The van der Waals surface area contributed by atoms with Crippen LogP contribution in [-0.4, -0.2) is 9.97 Å². The van der Waals surface area contributed by atoms with Crippen LogP contribution < -0.4 is 0 Å². The fourth-order valence-electron chi connectivity index (χ4n) is 1.51. The Morgan fingerprint density at radius 1 is 0.647 bits per heavy atom. The minimum absolute atomic E-state index is 0.822. The van der Waals surface area contributed by atoms with E-state index in [1.54, 1.807) is 18.5 Å². The number of hydrogen-bond donors (Lipinski definition) is 0. The molecule has 0 N–H and O–H groups in total. The van der Waals surface area contributed by atoms with Crippen LogP contribution >= 0.6 is 0 Å². The summed E-state index contributed by atoms with van der Waals surface area (Å²) >= 11 is 0. The molecule has 0 atom stereocenters. The highest BCUT2D eigenvalue weighted by molar-refractivity contribution is 5.81. The van der Waals surface area contributed by atoms with Gasteiger partial charge in [-0.25, -0.2) is 9.97 Å². The Morgan fingerprint density at radius 2 is 1.06 bits per heavy atom. The van der Waals surface area contributed by atoms with E-state index in [-0.39, 0.29) is 0 Å². The summed E-state index contributed by atoms with van der Waals surface area (Å²) in [5.74, 6) is 0.822. The Morgan fingerprint density at radius 3 is 1.35 bits per heavy atom. The van der Waals surface area contributed by atoms with Gasteiger partial charge < -0.3 is 0 Å². The first kappa shape index (κ1) is 11.3. The topological polar surface area (TPSA) is 25.8 Å². The van der Waals surface area contributed by atoms with E-state index in [0.29, 0.717) is 0 Å². The Balaban J connectivity index is 0.000000136. The zero-order chi connectivity index (χ0) is 11.9. The zero-order valence-electron chi connectivity index (χ0n) is 9.75. The van der Waals surface area contributed by atoms with E-state index in [2.05, 4.69) is 58.5 Å².